The van der Waals surface area contributed by atoms with E-state index in [-0.39, 0.29) is 11.3 Å². The highest BCUT2D eigenvalue weighted by Gasteiger charge is 2.10. The zero-order valence-corrected chi connectivity index (χ0v) is 13.9. The molecule has 0 saturated carbocycles. The molecule has 0 saturated heterocycles. The SMILES string of the molecule is COC(=O)/C(C#N)=C/c1cccc(OC(=O)Nc2cccc(Cl)c2)c1. The fourth-order valence-corrected chi connectivity index (χ4v) is 2.09. The maximum absolute atomic E-state index is 11.9. The van der Waals surface area contributed by atoms with Gasteiger partial charge in [0.2, 0.25) is 0 Å². The Bertz CT molecular complexity index is 871. The summed E-state index contributed by atoms with van der Waals surface area (Å²) in [6, 6.07) is 14.7. The molecule has 0 radical (unpaired) electrons. The van der Waals surface area contributed by atoms with Gasteiger partial charge in [-0.25, -0.2) is 9.59 Å². The van der Waals surface area contributed by atoms with Crippen LogP contribution in [0.15, 0.2) is 54.1 Å². The second-order valence-corrected chi connectivity index (χ2v) is 5.20. The average Bonchev–Trinajstić information content (AvgIpc) is 2.59. The summed E-state index contributed by atoms with van der Waals surface area (Å²) in [6.45, 7) is 0. The lowest BCUT2D eigenvalue weighted by Crippen LogP contribution is -2.16. The van der Waals surface area contributed by atoms with Crippen molar-refractivity contribution in [1.82, 2.24) is 0 Å². The fraction of sp³-hybridized carbons (Fsp3) is 0.0556. The van der Waals surface area contributed by atoms with Crippen molar-refractivity contribution in [2.45, 2.75) is 0 Å². The van der Waals surface area contributed by atoms with Gasteiger partial charge in [-0.1, -0.05) is 29.8 Å². The lowest BCUT2D eigenvalue weighted by atomic mass is 10.1. The van der Waals surface area contributed by atoms with Gasteiger partial charge in [0.15, 0.2) is 0 Å². The number of nitriles is 1. The van der Waals surface area contributed by atoms with E-state index in [1.54, 1.807) is 48.5 Å². The van der Waals surface area contributed by atoms with Gasteiger partial charge in [-0.15, -0.1) is 0 Å². The average molecular weight is 357 g/mol. The molecular weight excluding hydrogens is 344 g/mol. The maximum atomic E-state index is 11.9. The van der Waals surface area contributed by atoms with Crippen LogP contribution in [0.25, 0.3) is 6.08 Å². The number of methoxy groups -OCH3 is 1. The molecule has 0 aliphatic carbocycles. The van der Waals surface area contributed by atoms with Gasteiger partial charge in [0.1, 0.15) is 17.4 Å². The van der Waals surface area contributed by atoms with E-state index in [2.05, 4.69) is 10.1 Å². The summed E-state index contributed by atoms with van der Waals surface area (Å²) in [6.07, 6.45) is 0.643. The Kier molecular flexibility index (Phi) is 6.15. The van der Waals surface area contributed by atoms with Crippen molar-refractivity contribution >= 4 is 35.4 Å². The van der Waals surface area contributed by atoms with Crippen molar-refractivity contribution in [1.29, 1.82) is 5.26 Å². The van der Waals surface area contributed by atoms with Crippen LogP contribution >= 0.6 is 11.6 Å². The van der Waals surface area contributed by atoms with Gasteiger partial charge in [0.25, 0.3) is 0 Å². The summed E-state index contributed by atoms with van der Waals surface area (Å²) < 4.78 is 9.69. The molecule has 6 nitrogen and oxygen atoms in total. The Morgan fingerprint density at radius 2 is 1.96 bits per heavy atom. The molecule has 0 spiro atoms. The van der Waals surface area contributed by atoms with E-state index in [0.717, 1.165) is 0 Å². The van der Waals surface area contributed by atoms with Crippen molar-refractivity contribution in [2.24, 2.45) is 0 Å². The van der Waals surface area contributed by atoms with Crippen LogP contribution in [0.2, 0.25) is 5.02 Å². The second kappa shape index (κ2) is 8.52. The van der Waals surface area contributed by atoms with Crippen LogP contribution in [0, 0.1) is 11.3 Å². The Morgan fingerprint density at radius 1 is 1.20 bits per heavy atom. The third-order valence-electron chi connectivity index (χ3n) is 2.98. The number of hydrogen-bond donors (Lipinski definition) is 1. The first-order valence-corrected chi connectivity index (χ1v) is 7.44. The Hall–Kier alpha value is -3.30. The number of halogens is 1. The first kappa shape index (κ1) is 18.0. The van der Waals surface area contributed by atoms with Crippen LogP contribution in [-0.4, -0.2) is 19.2 Å². The molecule has 2 aromatic carbocycles. The Labute approximate surface area is 149 Å². The molecular formula is C18H13ClN2O4. The van der Waals surface area contributed by atoms with Crippen molar-refractivity contribution in [2.75, 3.05) is 12.4 Å². The number of carbonyl (C=O) groups is 2. The van der Waals surface area contributed by atoms with Gasteiger partial charge < -0.3 is 9.47 Å². The molecule has 2 rings (SSSR count). The minimum Gasteiger partial charge on any atom is -0.465 e. The van der Waals surface area contributed by atoms with E-state index >= 15 is 0 Å². The van der Waals surface area contributed by atoms with Crippen LogP contribution in [-0.2, 0) is 9.53 Å². The molecule has 25 heavy (non-hydrogen) atoms. The summed E-state index contributed by atoms with van der Waals surface area (Å²) in [7, 11) is 1.19. The van der Waals surface area contributed by atoms with Gasteiger partial charge >= 0.3 is 12.1 Å². The summed E-state index contributed by atoms with van der Waals surface area (Å²) in [5.74, 6) is -0.497. The molecule has 0 bridgehead atoms. The molecule has 0 heterocycles. The number of hydrogen-bond acceptors (Lipinski definition) is 5. The molecule has 0 aliphatic heterocycles. The number of carbonyl (C=O) groups excluding carboxylic acids is 2. The maximum Gasteiger partial charge on any atom is 0.417 e. The first-order valence-electron chi connectivity index (χ1n) is 7.06. The molecule has 0 fully saturated rings. The minimum absolute atomic E-state index is 0.164. The third kappa shape index (κ3) is 5.37. The van der Waals surface area contributed by atoms with Gasteiger partial charge in [-0.05, 0) is 42.0 Å². The molecule has 1 amide bonds. The minimum atomic E-state index is -0.743. The number of rotatable bonds is 4. The van der Waals surface area contributed by atoms with E-state index in [0.29, 0.717) is 16.3 Å². The van der Waals surface area contributed by atoms with E-state index in [1.165, 1.54) is 19.3 Å². The number of ether oxygens (including phenoxy) is 2. The number of nitrogens with zero attached hydrogens (tertiary/aromatic N) is 1. The van der Waals surface area contributed by atoms with Crippen LogP contribution < -0.4 is 10.1 Å². The van der Waals surface area contributed by atoms with Gasteiger partial charge in [-0.2, -0.15) is 5.26 Å². The molecule has 0 unspecified atom stereocenters. The number of nitrogens with one attached hydrogen (secondary N) is 1. The number of esters is 1. The van der Waals surface area contributed by atoms with Crippen LogP contribution in [0.5, 0.6) is 5.75 Å². The predicted molar refractivity (Wildman–Crippen MR) is 93.1 cm³/mol. The Morgan fingerprint density at radius 3 is 2.64 bits per heavy atom. The van der Waals surface area contributed by atoms with Crippen LogP contribution in [0.4, 0.5) is 10.5 Å². The highest BCUT2D eigenvalue weighted by atomic mass is 35.5. The zero-order valence-electron chi connectivity index (χ0n) is 13.2. The van der Waals surface area contributed by atoms with E-state index < -0.39 is 12.1 Å². The van der Waals surface area contributed by atoms with E-state index in [9.17, 15) is 9.59 Å². The standard InChI is InChI=1S/C18H13ClN2O4/c1-24-17(22)13(11-20)8-12-4-2-7-16(9-12)25-18(23)21-15-6-3-5-14(19)10-15/h2-10H,1H3,(H,21,23)/b13-8+. The van der Waals surface area contributed by atoms with Crippen molar-refractivity contribution < 1.29 is 19.1 Å². The molecule has 7 heteroatoms. The molecule has 126 valence electrons. The van der Waals surface area contributed by atoms with Crippen LogP contribution in [0.3, 0.4) is 0 Å². The summed E-state index contributed by atoms with van der Waals surface area (Å²) >= 11 is 5.85. The van der Waals surface area contributed by atoms with Gasteiger partial charge in [0, 0.05) is 10.7 Å². The predicted octanol–water partition coefficient (Wildman–Crippen LogP) is 4.03. The molecule has 0 atom stereocenters. The number of benzene rings is 2. The fourth-order valence-electron chi connectivity index (χ4n) is 1.90. The Balaban J connectivity index is 2.11. The summed E-state index contributed by atoms with van der Waals surface area (Å²) in [5.41, 5.74) is 0.837. The van der Waals surface area contributed by atoms with E-state index in [4.69, 9.17) is 21.6 Å². The zero-order chi connectivity index (χ0) is 18.2. The smallest absolute Gasteiger partial charge is 0.417 e. The highest BCUT2D eigenvalue weighted by molar-refractivity contribution is 6.30. The summed E-state index contributed by atoms with van der Waals surface area (Å²) in [4.78, 5) is 23.3. The largest absolute Gasteiger partial charge is 0.465 e. The third-order valence-corrected chi connectivity index (χ3v) is 3.21. The van der Waals surface area contributed by atoms with Crippen molar-refractivity contribution in [3.8, 4) is 11.8 Å². The molecule has 0 aromatic heterocycles. The van der Waals surface area contributed by atoms with Gasteiger partial charge in [-0.3, -0.25) is 5.32 Å². The van der Waals surface area contributed by atoms with E-state index in [1.807, 2.05) is 0 Å². The van der Waals surface area contributed by atoms with Crippen molar-refractivity contribution in [3.63, 3.8) is 0 Å². The van der Waals surface area contributed by atoms with Crippen molar-refractivity contribution in [3.05, 3.63) is 64.7 Å². The second-order valence-electron chi connectivity index (χ2n) is 4.76. The van der Waals surface area contributed by atoms with Crippen LogP contribution in [0.1, 0.15) is 5.56 Å². The molecule has 1 N–H and O–H groups in total. The highest BCUT2D eigenvalue weighted by Crippen LogP contribution is 2.18. The normalized spacial score (nSPS) is 10.5. The summed E-state index contributed by atoms with van der Waals surface area (Å²) in [5, 5.41) is 12.0. The number of anilines is 1. The van der Waals surface area contributed by atoms with Gasteiger partial charge in [0.05, 0.1) is 7.11 Å². The lowest BCUT2D eigenvalue weighted by molar-refractivity contribution is -0.135. The topological polar surface area (TPSA) is 88.4 Å². The first-order chi connectivity index (χ1) is 12.0. The number of amides is 1. The quantitative estimate of drug-likeness (QED) is 0.507. The molecule has 0 aliphatic rings. The molecule has 2 aromatic rings. The lowest BCUT2D eigenvalue weighted by Gasteiger charge is -2.07. The monoisotopic (exact) mass is 356 g/mol.